The molecule has 0 radical (unpaired) electrons. The van der Waals surface area contributed by atoms with Crippen LogP contribution in [0.2, 0.25) is 0 Å². The van der Waals surface area contributed by atoms with Gasteiger partial charge in [-0.15, -0.1) is 0 Å². The summed E-state index contributed by atoms with van der Waals surface area (Å²) in [6, 6.07) is 13.9. The molecule has 1 N–H and O–H groups in total. The van der Waals surface area contributed by atoms with Crippen LogP contribution in [-0.2, 0) is 14.6 Å². The molecule has 0 amide bonds. The van der Waals surface area contributed by atoms with Crippen molar-refractivity contribution in [3.8, 4) is 0 Å². The summed E-state index contributed by atoms with van der Waals surface area (Å²) < 4.78 is 25.6. The van der Waals surface area contributed by atoms with Crippen LogP contribution in [0.25, 0.3) is 0 Å². The molecule has 0 heterocycles. The van der Waals surface area contributed by atoms with E-state index in [1.807, 2.05) is 38.1 Å². The third-order valence-electron chi connectivity index (χ3n) is 4.41. The van der Waals surface area contributed by atoms with Crippen molar-refractivity contribution in [2.75, 3.05) is 0 Å². The van der Waals surface area contributed by atoms with Crippen LogP contribution in [0.4, 0.5) is 0 Å². The Morgan fingerprint density at radius 3 is 1.87 bits per heavy atom. The lowest BCUT2D eigenvalue weighted by Gasteiger charge is -2.05. The number of aliphatic carboxylic acids is 1. The van der Waals surface area contributed by atoms with E-state index < -0.39 is 32.9 Å². The average Bonchev–Trinajstić information content (AvgIpc) is 3.25. The minimum Gasteiger partial charge on any atom is -0.481 e. The number of carboxylic acids is 1. The smallest absolute Gasteiger partial charge is 0.308 e. The van der Waals surface area contributed by atoms with E-state index in [1.165, 1.54) is 0 Å². The second kappa shape index (κ2) is 5.49. The SMILES string of the molecule is Cc1ccc([C@H]2[C@@H](C(=O)O)[C@@H]2S(=O)(=O)c2ccc(C)cc2)cc1. The molecule has 0 aromatic heterocycles. The largest absolute Gasteiger partial charge is 0.481 e. The third-order valence-corrected chi connectivity index (χ3v) is 6.64. The number of aryl methyl sites for hydroxylation is 2. The van der Waals surface area contributed by atoms with Gasteiger partial charge in [0.1, 0.15) is 0 Å². The molecule has 5 heteroatoms. The highest BCUT2D eigenvalue weighted by Crippen LogP contribution is 2.54. The van der Waals surface area contributed by atoms with E-state index in [1.54, 1.807) is 24.3 Å². The Bertz CT molecular complexity index is 836. The summed E-state index contributed by atoms with van der Waals surface area (Å²) in [4.78, 5) is 11.7. The van der Waals surface area contributed by atoms with Gasteiger partial charge in [-0.3, -0.25) is 4.79 Å². The Kier molecular flexibility index (Phi) is 3.76. The quantitative estimate of drug-likeness (QED) is 0.935. The summed E-state index contributed by atoms with van der Waals surface area (Å²) in [6.07, 6.45) is 0. The van der Waals surface area contributed by atoms with Gasteiger partial charge in [0.2, 0.25) is 0 Å². The van der Waals surface area contributed by atoms with Crippen LogP contribution in [0, 0.1) is 19.8 Å². The molecule has 3 atom stereocenters. The number of benzene rings is 2. The molecular weight excluding hydrogens is 312 g/mol. The molecule has 1 fully saturated rings. The highest BCUT2D eigenvalue weighted by Gasteiger charge is 2.63. The second-order valence-electron chi connectivity index (χ2n) is 6.12. The molecule has 3 rings (SSSR count). The van der Waals surface area contributed by atoms with E-state index in [4.69, 9.17) is 0 Å². The molecular formula is C18H18O4S. The van der Waals surface area contributed by atoms with Gasteiger partial charge >= 0.3 is 5.97 Å². The molecule has 0 saturated heterocycles. The van der Waals surface area contributed by atoms with E-state index >= 15 is 0 Å². The number of rotatable bonds is 4. The Balaban J connectivity index is 1.98. The van der Waals surface area contributed by atoms with Gasteiger partial charge in [-0.2, -0.15) is 0 Å². The molecule has 23 heavy (non-hydrogen) atoms. The number of carbonyl (C=O) groups is 1. The molecule has 0 bridgehead atoms. The van der Waals surface area contributed by atoms with Crippen LogP contribution in [-0.4, -0.2) is 24.7 Å². The van der Waals surface area contributed by atoms with Crippen LogP contribution in [0.1, 0.15) is 22.6 Å². The molecule has 0 unspecified atom stereocenters. The van der Waals surface area contributed by atoms with Crippen molar-refractivity contribution in [1.82, 2.24) is 0 Å². The van der Waals surface area contributed by atoms with Crippen molar-refractivity contribution < 1.29 is 18.3 Å². The van der Waals surface area contributed by atoms with Gasteiger partial charge < -0.3 is 5.11 Å². The zero-order valence-electron chi connectivity index (χ0n) is 12.9. The van der Waals surface area contributed by atoms with E-state index in [9.17, 15) is 18.3 Å². The highest BCUT2D eigenvalue weighted by atomic mass is 32.2. The zero-order valence-corrected chi connectivity index (χ0v) is 13.7. The minimum atomic E-state index is -3.67. The van der Waals surface area contributed by atoms with Gasteiger partial charge in [-0.1, -0.05) is 47.5 Å². The van der Waals surface area contributed by atoms with E-state index in [0.29, 0.717) is 0 Å². The van der Waals surface area contributed by atoms with Crippen molar-refractivity contribution in [1.29, 1.82) is 0 Å². The van der Waals surface area contributed by atoms with Crippen LogP contribution < -0.4 is 0 Å². The van der Waals surface area contributed by atoms with Gasteiger partial charge in [0, 0.05) is 5.92 Å². The first-order chi connectivity index (χ1) is 10.8. The molecule has 1 aliphatic rings. The summed E-state index contributed by atoms with van der Waals surface area (Å²) in [5.74, 6) is -2.43. The van der Waals surface area contributed by atoms with Gasteiger partial charge in [-0.05, 0) is 31.5 Å². The van der Waals surface area contributed by atoms with Crippen LogP contribution in [0.5, 0.6) is 0 Å². The lowest BCUT2D eigenvalue weighted by molar-refractivity contribution is -0.138. The third kappa shape index (κ3) is 2.77. The van der Waals surface area contributed by atoms with Crippen molar-refractivity contribution in [2.45, 2.75) is 29.9 Å². The van der Waals surface area contributed by atoms with Gasteiger partial charge in [-0.25, -0.2) is 8.42 Å². The molecule has 1 saturated carbocycles. The fourth-order valence-electron chi connectivity index (χ4n) is 3.03. The first-order valence-corrected chi connectivity index (χ1v) is 8.97. The highest BCUT2D eigenvalue weighted by molar-refractivity contribution is 7.92. The van der Waals surface area contributed by atoms with Gasteiger partial charge in [0.05, 0.1) is 16.1 Å². The fraction of sp³-hybridized carbons (Fsp3) is 0.278. The first kappa shape index (κ1) is 15.7. The summed E-state index contributed by atoms with van der Waals surface area (Å²) in [5.41, 5.74) is 2.78. The predicted molar refractivity (Wildman–Crippen MR) is 87.2 cm³/mol. The topological polar surface area (TPSA) is 71.4 Å². The Labute approximate surface area is 135 Å². The average molecular weight is 330 g/mol. The van der Waals surface area contributed by atoms with E-state index in [2.05, 4.69) is 0 Å². The molecule has 4 nitrogen and oxygen atoms in total. The molecule has 2 aromatic carbocycles. The maximum atomic E-state index is 12.8. The van der Waals surface area contributed by atoms with Crippen molar-refractivity contribution in [3.63, 3.8) is 0 Å². The zero-order chi connectivity index (χ0) is 16.8. The Morgan fingerprint density at radius 2 is 1.39 bits per heavy atom. The van der Waals surface area contributed by atoms with E-state index in [0.717, 1.165) is 16.7 Å². The van der Waals surface area contributed by atoms with Crippen LogP contribution >= 0.6 is 0 Å². The van der Waals surface area contributed by atoms with Crippen LogP contribution in [0.3, 0.4) is 0 Å². The van der Waals surface area contributed by atoms with Crippen molar-refractivity contribution >= 4 is 15.8 Å². The van der Waals surface area contributed by atoms with Gasteiger partial charge in [0.25, 0.3) is 0 Å². The summed E-state index contributed by atoms with van der Waals surface area (Å²) in [5, 5.41) is 8.50. The summed E-state index contributed by atoms with van der Waals surface area (Å²) >= 11 is 0. The maximum absolute atomic E-state index is 12.8. The fourth-order valence-corrected chi connectivity index (χ4v) is 5.16. The monoisotopic (exact) mass is 330 g/mol. The normalized spacial score (nSPS) is 23.5. The van der Waals surface area contributed by atoms with E-state index in [-0.39, 0.29) is 4.90 Å². The van der Waals surface area contributed by atoms with Gasteiger partial charge in [0.15, 0.2) is 9.84 Å². The Hall–Kier alpha value is -2.14. The molecule has 0 aliphatic heterocycles. The molecule has 2 aromatic rings. The predicted octanol–water partition coefficient (Wildman–Crippen LogP) is 2.94. The number of hydrogen-bond acceptors (Lipinski definition) is 3. The summed E-state index contributed by atoms with van der Waals surface area (Å²) in [7, 11) is -3.67. The second-order valence-corrected chi connectivity index (χ2v) is 8.23. The number of sulfone groups is 1. The minimum absolute atomic E-state index is 0.189. The first-order valence-electron chi connectivity index (χ1n) is 7.42. The number of hydrogen-bond donors (Lipinski definition) is 1. The van der Waals surface area contributed by atoms with Crippen LogP contribution in [0.15, 0.2) is 53.4 Å². The standard InChI is InChI=1S/C18H18O4S/c1-11-3-7-13(8-4-11)15-16(18(19)20)17(15)23(21,22)14-9-5-12(2)6-10-14/h3-10,15-17H,1-2H3,(H,19,20)/t15-,16+,17+/m0/s1. The lowest BCUT2D eigenvalue weighted by atomic mass is 10.1. The Morgan fingerprint density at radius 1 is 0.913 bits per heavy atom. The number of carboxylic acid groups (broad SMARTS) is 1. The maximum Gasteiger partial charge on any atom is 0.308 e. The van der Waals surface area contributed by atoms with Crippen molar-refractivity contribution in [2.24, 2.45) is 5.92 Å². The lowest BCUT2D eigenvalue weighted by Crippen LogP contribution is -2.13. The molecule has 1 aliphatic carbocycles. The molecule has 120 valence electrons. The van der Waals surface area contributed by atoms with Crippen molar-refractivity contribution in [3.05, 3.63) is 65.2 Å². The molecule has 0 spiro atoms. The summed E-state index contributed by atoms with van der Waals surface area (Å²) in [6.45, 7) is 3.81.